The molecule has 40 atom stereocenters. The standard InChI is InChI=1S/C94H148N8O43/c1-86(2,3)145-85(111)102-43(59-67(119-27)75-83(127-59)143-93(16,17)135-75)35-51(109)100-41(57-65(117-25)73-81(125-57)141-91(12,13)133-73)33-49(107)98-39(55-63(115-23)71-79(123-55)139-89(8,9)131-71)31-47(105)96-37(53-61(113-21)69-77(121-53)137-87(4,5)129-69)29-45(103)95-38(54-62(114-22)70-78(122-54)138-88(6,7)130-70)30-46(104)97-40(56-64(116-24)72-80(124-56)140-90(10,11)132-72)32-48(106)99-42(58-66(118-26)74-82(126-58)142-92(14,15)134-74)34-50(108)101-44(36-52(110)112-20)60-68(120-28)76-84(128-60)144-94(18,19)136-76/h37-44,53-84H,29-36H2,1-28H3,(H,95,103)(H,96,105)(H,97,104)(H,98,107)(H,99,106)(H,100,109)(H,101,108)(H,102,111)/t37?,38?,39?,40?,41?,42?,43?,44?,53-,54-,55-,56-,57-,58-,59-,60-,61+,62+,63+,64+,65+,66+,67+,68+,69-,70-,71-,72-,73-,74-,75-,76-,77-,78-,79-,80-,81-,82-,83-,84-/m1/s1. The first-order chi connectivity index (χ1) is 67.9. The second-order valence-electron chi connectivity index (χ2n) is 43.8. The van der Waals surface area contributed by atoms with Crippen LogP contribution in [0.5, 0.6) is 0 Å². The maximum absolute atomic E-state index is 16.0. The molecule has 16 fully saturated rings. The normalized spacial score (nSPS) is 40.1. The smallest absolute Gasteiger partial charge is 0.407 e. The molecule has 0 aromatic rings. The lowest BCUT2D eigenvalue weighted by molar-refractivity contribution is -0.221. The molecule has 16 heterocycles. The molecule has 0 aliphatic carbocycles. The summed E-state index contributed by atoms with van der Waals surface area (Å²) in [5.74, 6) is -15.7. The minimum Gasteiger partial charge on any atom is -0.469 e. The van der Waals surface area contributed by atoms with Gasteiger partial charge in [-0.1, -0.05) is 0 Å². The first kappa shape index (κ1) is 111. The van der Waals surface area contributed by atoms with Gasteiger partial charge in [0.15, 0.2) is 96.6 Å². The van der Waals surface area contributed by atoms with Crippen molar-refractivity contribution in [3.63, 3.8) is 0 Å². The van der Waals surface area contributed by atoms with Crippen molar-refractivity contribution in [1.82, 2.24) is 42.5 Å². The zero-order valence-corrected chi connectivity index (χ0v) is 87.3. The number of esters is 1. The molecular formula is C94H148N8O43. The van der Waals surface area contributed by atoms with Crippen LogP contribution < -0.4 is 42.5 Å². The van der Waals surface area contributed by atoms with Crippen molar-refractivity contribution in [3.8, 4) is 0 Å². The van der Waals surface area contributed by atoms with Gasteiger partial charge in [-0.25, -0.2) is 4.79 Å². The Morgan fingerprint density at radius 2 is 0.359 bits per heavy atom. The van der Waals surface area contributed by atoms with Gasteiger partial charge < -0.3 is 204 Å². The van der Waals surface area contributed by atoms with Crippen molar-refractivity contribution in [2.75, 3.05) is 64.0 Å². The molecular weight excluding hydrogens is 1930 g/mol. The number of alkyl carbamates (subject to hydrolysis) is 1. The zero-order valence-electron chi connectivity index (χ0n) is 87.3. The van der Waals surface area contributed by atoms with E-state index in [9.17, 15) is 9.59 Å². The fourth-order valence-corrected chi connectivity index (χ4v) is 22.7. The van der Waals surface area contributed by atoms with Crippen LogP contribution in [0.15, 0.2) is 0 Å². The molecule has 51 nitrogen and oxygen atoms in total. The molecule has 8 N–H and O–H groups in total. The summed E-state index contributed by atoms with van der Waals surface area (Å²) in [5, 5.41) is 23.8. The Morgan fingerprint density at radius 1 is 0.221 bits per heavy atom. The van der Waals surface area contributed by atoms with Crippen LogP contribution in [-0.2, 0) is 199 Å². The third-order valence-electron chi connectivity index (χ3n) is 28.1. The number of carbonyl (C=O) groups excluding carboxylic acids is 9. The van der Waals surface area contributed by atoms with Gasteiger partial charge >= 0.3 is 12.1 Å². The van der Waals surface area contributed by atoms with Crippen molar-refractivity contribution in [2.45, 2.75) is 480 Å². The van der Waals surface area contributed by atoms with E-state index >= 15 is 33.6 Å². The van der Waals surface area contributed by atoms with Gasteiger partial charge in [0.05, 0.1) is 61.9 Å². The Labute approximate surface area is 840 Å². The highest BCUT2D eigenvalue weighted by atomic mass is 16.9. The van der Waals surface area contributed by atoms with Gasteiger partial charge in [-0.2, -0.15) is 0 Å². The predicted octanol–water partition coefficient (Wildman–Crippen LogP) is -0.302. The van der Waals surface area contributed by atoms with Gasteiger partial charge in [-0.3, -0.25) is 38.4 Å². The van der Waals surface area contributed by atoms with E-state index in [1.807, 2.05) is 0 Å². The highest BCUT2D eigenvalue weighted by molar-refractivity contribution is 5.85. The molecule has 16 aliphatic rings. The molecule has 16 rings (SSSR count). The van der Waals surface area contributed by atoms with E-state index in [1.165, 1.54) is 64.0 Å². The van der Waals surface area contributed by atoms with Gasteiger partial charge in [-0.05, 0) is 132 Å². The van der Waals surface area contributed by atoms with Crippen molar-refractivity contribution < 1.29 is 204 Å². The first-order valence-corrected chi connectivity index (χ1v) is 49.4. The molecule has 0 saturated carbocycles. The summed E-state index contributed by atoms with van der Waals surface area (Å²) in [7, 11) is 12.4. The van der Waals surface area contributed by atoms with Crippen LogP contribution in [0.2, 0.25) is 0 Å². The van der Waals surface area contributed by atoms with Gasteiger partial charge in [0.25, 0.3) is 0 Å². The molecule has 0 spiro atoms. The summed E-state index contributed by atoms with van der Waals surface area (Å²) in [4.78, 5) is 136. The number of fused-ring (bicyclic) bond motifs is 8. The molecule has 0 bridgehead atoms. The van der Waals surface area contributed by atoms with Crippen LogP contribution in [0.25, 0.3) is 0 Å². The highest BCUT2D eigenvalue weighted by Crippen LogP contribution is 2.50. The predicted molar refractivity (Wildman–Crippen MR) is 482 cm³/mol. The highest BCUT2D eigenvalue weighted by Gasteiger charge is 2.67. The summed E-state index contributed by atoms with van der Waals surface area (Å²) < 4.78 is 212. The molecule has 16 aliphatic heterocycles. The summed E-state index contributed by atoms with van der Waals surface area (Å²) in [6.07, 6.45) is -39.4. The number of nitrogens with one attached hydrogen (secondary N) is 8. The molecule has 8 amide bonds. The number of amides is 8. The topological polar surface area (TPSA) is 564 Å². The molecule has 0 aromatic carbocycles. The number of hydrogen-bond acceptors (Lipinski definition) is 43. The summed E-state index contributed by atoms with van der Waals surface area (Å²) in [6.45, 7) is 31.9. The molecule has 822 valence electrons. The third-order valence-corrected chi connectivity index (χ3v) is 28.1. The van der Waals surface area contributed by atoms with E-state index < -0.39 is 402 Å². The van der Waals surface area contributed by atoms with Crippen LogP contribution in [0.1, 0.15) is 183 Å². The van der Waals surface area contributed by atoms with Gasteiger partial charge in [0, 0.05) is 102 Å². The SMILES string of the molecule is COC(=O)CC(NC(=O)CC(NC(=O)CC(NC(=O)CC(NC(=O)CC(NC(=O)CC(NC(=O)CC(NC(=O)CC(NC(=O)OC(C)(C)C)[C@H]1O[C@@H]2OC(C)(C)O[C@@H]2[C@H]1OC)[C@H]1O[C@@H]2OC(C)(C)O[C@@H]2[C@H]1OC)[C@H]1O[C@@H]2OC(C)(C)O[C@@H]2[C@H]1OC)[C@H]1O[C@@H]2OC(C)(C)O[C@@H]2[C@H]1OC)[C@H]1O[C@@H]2OC(C)(C)O[C@@H]2[C@H]1OC)[C@H]1O[C@@H]2OC(C)(C)O[C@@H]2[C@H]1OC)[C@H]1O[C@@H]2OC(C)(C)O[C@@H]2[C@H]1OC)[C@H]1O[C@@H]2OC(C)(C)O[C@@H]2[C@H]1OC. The van der Waals surface area contributed by atoms with E-state index in [0.29, 0.717) is 0 Å². The number of carbonyl (C=O) groups is 9. The Morgan fingerprint density at radius 3 is 0.490 bits per heavy atom. The number of hydrogen-bond donors (Lipinski definition) is 8. The Balaban J connectivity index is 0.683. The minimum absolute atomic E-state index is 0.416. The quantitative estimate of drug-likeness (QED) is 0.0365. The van der Waals surface area contributed by atoms with Crippen molar-refractivity contribution >= 4 is 53.4 Å². The van der Waals surface area contributed by atoms with Crippen molar-refractivity contribution in [3.05, 3.63) is 0 Å². The fraction of sp³-hybridized carbons (Fsp3) is 0.904. The largest absolute Gasteiger partial charge is 0.469 e. The van der Waals surface area contributed by atoms with Gasteiger partial charge in [0.1, 0.15) is 152 Å². The Kier molecular flexibility index (Phi) is 33.0. The molecule has 0 aromatic heterocycles. The fourth-order valence-electron chi connectivity index (χ4n) is 22.7. The summed E-state index contributed by atoms with van der Waals surface area (Å²) in [5.41, 5.74) is -0.994. The molecule has 16 saturated heterocycles. The minimum atomic E-state index is -1.46. The van der Waals surface area contributed by atoms with E-state index in [0.717, 1.165) is 0 Å². The van der Waals surface area contributed by atoms with E-state index in [-0.39, 0.29) is 0 Å². The van der Waals surface area contributed by atoms with Gasteiger partial charge in [-0.15, -0.1) is 0 Å². The second-order valence-corrected chi connectivity index (χ2v) is 43.8. The third kappa shape index (κ3) is 24.7. The average molecular weight is 2080 g/mol. The Hall–Kier alpha value is -6.25. The average Bonchev–Trinajstić information content (AvgIpc) is 1.63. The maximum atomic E-state index is 16.0. The number of methoxy groups -OCH3 is 9. The van der Waals surface area contributed by atoms with Crippen LogP contribution in [-0.4, -0.2) is 414 Å². The van der Waals surface area contributed by atoms with E-state index in [2.05, 4.69) is 42.5 Å². The van der Waals surface area contributed by atoms with Gasteiger partial charge in [0.2, 0.25) is 41.4 Å². The van der Waals surface area contributed by atoms with E-state index in [1.54, 1.807) is 132 Å². The summed E-state index contributed by atoms with van der Waals surface area (Å²) >= 11 is 0. The monoisotopic (exact) mass is 2080 g/mol. The number of ether oxygens (including phenoxy) is 34. The Bertz CT molecular complexity index is 4510. The molecule has 0 radical (unpaired) electrons. The molecule has 145 heavy (non-hydrogen) atoms. The van der Waals surface area contributed by atoms with E-state index in [4.69, 9.17) is 161 Å². The lowest BCUT2D eigenvalue weighted by atomic mass is 9.95. The molecule has 8 unspecified atom stereocenters. The first-order valence-electron chi connectivity index (χ1n) is 49.4. The van der Waals surface area contributed by atoms with Crippen LogP contribution >= 0.6 is 0 Å². The zero-order chi connectivity index (χ0) is 105. The second kappa shape index (κ2) is 43.0. The molecule has 51 heteroatoms. The lowest BCUT2D eigenvalue weighted by Crippen LogP contribution is -2.58. The van der Waals surface area contributed by atoms with Crippen molar-refractivity contribution in [2.24, 2.45) is 0 Å². The van der Waals surface area contributed by atoms with Crippen LogP contribution in [0, 0.1) is 0 Å². The van der Waals surface area contributed by atoms with Crippen molar-refractivity contribution in [1.29, 1.82) is 0 Å². The summed E-state index contributed by atoms with van der Waals surface area (Å²) in [6, 6.07) is -10.8. The number of rotatable bonds is 40. The maximum Gasteiger partial charge on any atom is 0.407 e. The van der Waals surface area contributed by atoms with Crippen LogP contribution in [0.3, 0.4) is 0 Å². The van der Waals surface area contributed by atoms with Crippen LogP contribution in [0.4, 0.5) is 4.79 Å². The lowest BCUT2D eigenvalue weighted by Gasteiger charge is -2.35.